The minimum Gasteiger partial charge on any atom is -0.198 e. The first-order valence-electron chi connectivity index (χ1n) is 7.08. The molecule has 2 aromatic rings. The van der Waals surface area contributed by atoms with Gasteiger partial charge in [-0.05, 0) is 60.2 Å². The zero-order valence-electron chi connectivity index (χ0n) is 11.6. The third-order valence-electron chi connectivity index (χ3n) is 4.47. The van der Waals surface area contributed by atoms with Crippen LogP contribution in [0.25, 0.3) is 0 Å². The summed E-state index contributed by atoms with van der Waals surface area (Å²) in [5, 5.41) is 10.5. The summed E-state index contributed by atoms with van der Waals surface area (Å²) in [6.07, 6.45) is 3.40. The first-order chi connectivity index (χ1) is 10.2. The lowest BCUT2D eigenvalue weighted by Crippen LogP contribution is -2.24. The van der Waals surface area contributed by atoms with E-state index >= 15 is 0 Å². The topological polar surface area (TPSA) is 23.8 Å². The van der Waals surface area contributed by atoms with E-state index in [2.05, 4.69) is 30.3 Å². The molecule has 1 aliphatic rings. The van der Waals surface area contributed by atoms with E-state index < -0.39 is 0 Å². The van der Waals surface area contributed by atoms with Crippen LogP contribution in [0.3, 0.4) is 0 Å². The van der Waals surface area contributed by atoms with Crippen molar-refractivity contribution in [2.24, 2.45) is 0 Å². The number of hydrogen-bond donors (Lipinski definition) is 0. The van der Waals surface area contributed by atoms with E-state index in [4.69, 9.17) is 28.5 Å². The number of nitriles is 1. The SMILES string of the molecule is N#CCCC1(c2ccc(Cl)cc2)CCc2ccc(Cl)cc21. The third-order valence-corrected chi connectivity index (χ3v) is 4.96. The normalized spacial score (nSPS) is 20.0. The molecule has 1 nitrogen and oxygen atoms in total. The second-order valence-corrected chi connectivity index (χ2v) is 6.42. The molecule has 3 heteroatoms. The highest BCUT2D eigenvalue weighted by molar-refractivity contribution is 6.31. The fourth-order valence-corrected chi connectivity index (χ4v) is 3.74. The molecule has 0 spiro atoms. The third kappa shape index (κ3) is 2.55. The Kier molecular flexibility index (Phi) is 3.93. The van der Waals surface area contributed by atoms with E-state index in [1.54, 1.807) is 0 Å². The largest absolute Gasteiger partial charge is 0.198 e. The van der Waals surface area contributed by atoms with Gasteiger partial charge in [-0.2, -0.15) is 5.26 Å². The average molecular weight is 316 g/mol. The summed E-state index contributed by atoms with van der Waals surface area (Å²) in [4.78, 5) is 0. The van der Waals surface area contributed by atoms with Crippen LogP contribution in [0.5, 0.6) is 0 Å². The fraction of sp³-hybridized carbons (Fsp3) is 0.278. The number of halogens is 2. The molecular weight excluding hydrogens is 301 g/mol. The molecule has 0 heterocycles. The maximum Gasteiger partial charge on any atom is 0.0622 e. The zero-order chi connectivity index (χ0) is 14.9. The first-order valence-corrected chi connectivity index (χ1v) is 7.83. The lowest BCUT2D eigenvalue weighted by atomic mass is 9.72. The minimum atomic E-state index is -0.111. The Morgan fingerprint density at radius 2 is 1.76 bits per heavy atom. The zero-order valence-corrected chi connectivity index (χ0v) is 13.1. The van der Waals surface area contributed by atoms with Crippen molar-refractivity contribution in [2.45, 2.75) is 31.1 Å². The van der Waals surface area contributed by atoms with Gasteiger partial charge in [0.15, 0.2) is 0 Å². The number of fused-ring (bicyclic) bond motifs is 1. The molecular formula is C18H15Cl2N. The highest BCUT2D eigenvalue weighted by Crippen LogP contribution is 2.48. The summed E-state index contributed by atoms with van der Waals surface area (Å²) in [7, 11) is 0. The standard InChI is InChI=1S/C18H15Cl2N/c19-15-6-3-14(4-7-15)18(9-1-11-21)10-8-13-2-5-16(20)12-17(13)18/h2-7,12H,1,8-10H2. The van der Waals surface area contributed by atoms with Crippen LogP contribution in [0.1, 0.15) is 36.0 Å². The Balaban J connectivity index is 2.14. The van der Waals surface area contributed by atoms with Gasteiger partial charge in [0.25, 0.3) is 0 Å². The maximum atomic E-state index is 9.04. The summed E-state index contributed by atoms with van der Waals surface area (Å²) in [5.41, 5.74) is 3.73. The van der Waals surface area contributed by atoms with Gasteiger partial charge in [-0.25, -0.2) is 0 Å². The second kappa shape index (κ2) is 5.72. The average Bonchev–Trinajstić information content (AvgIpc) is 2.85. The summed E-state index contributed by atoms with van der Waals surface area (Å²) in [6, 6.07) is 16.4. The summed E-state index contributed by atoms with van der Waals surface area (Å²) < 4.78 is 0. The maximum absolute atomic E-state index is 9.04. The van der Waals surface area contributed by atoms with E-state index in [1.165, 1.54) is 16.7 Å². The van der Waals surface area contributed by atoms with Crippen LogP contribution in [-0.4, -0.2) is 0 Å². The minimum absolute atomic E-state index is 0.111. The van der Waals surface area contributed by atoms with E-state index in [0.717, 1.165) is 29.3 Å². The van der Waals surface area contributed by atoms with Crippen LogP contribution in [-0.2, 0) is 11.8 Å². The van der Waals surface area contributed by atoms with Crippen molar-refractivity contribution in [2.75, 3.05) is 0 Å². The predicted octanol–water partition coefficient (Wildman–Crippen LogP) is 5.53. The first kappa shape index (κ1) is 14.4. The molecule has 0 aromatic heterocycles. The molecule has 1 aliphatic carbocycles. The summed E-state index contributed by atoms with van der Waals surface area (Å²) >= 11 is 12.2. The molecule has 1 atom stereocenters. The molecule has 3 rings (SSSR count). The van der Waals surface area contributed by atoms with Gasteiger partial charge in [-0.1, -0.05) is 41.4 Å². The van der Waals surface area contributed by atoms with Crippen molar-refractivity contribution in [3.63, 3.8) is 0 Å². The smallest absolute Gasteiger partial charge is 0.0622 e. The number of hydrogen-bond acceptors (Lipinski definition) is 1. The van der Waals surface area contributed by atoms with Crippen molar-refractivity contribution >= 4 is 23.2 Å². The Bertz CT molecular complexity index is 700. The number of rotatable bonds is 3. The Morgan fingerprint density at radius 3 is 2.48 bits per heavy atom. The summed E-state index contributed by atoms with van der Waals surface area (Å²) in [6.45, 7) is 0. The van der Waals surface area contributed by atoms with Crippen LogP contribution < -0.4 is 0 Å². The molecule has 0 aliphatic heterocycles. The van der Waals surface area contributed by atoms with Crippen molar-refractivity contribution < 1.29 is 0 Å². The van der Waals surface area contributed by atoms with Gasteiger partial charge >= 0.3 is 0 Å². The van der Waals surface area contributed by atoms with Gasteiger partial charge in [-0.3, -0.25) is 0 Å². The van der Waals surface area contributed by atoms with Crippen molar-refractivity contribution in [3.8, 4) is 6.07 Å². The van der Waals surface area contributed by atoms with Gasteiger partial charge in [-0.15, -0.1) is 0 Å². The highest BCUT2D eigenvalue weighted by Gasteiger charge is 2.39. The molecule has 0 bridgehead atoms. The Labute approximate surface area is 135 Å². The molecule has 1 unspecified atom stereocenters. The molecule has 106 valence electrons. The van der Waals surface area contributed by atoms with Crippen LogP contribution in [0.15, 0.2) is 42.5 Å². The molecule has 0 saturated heterocycles. The van der Waals surface area contributed by atoms with Gasteiger partial charge in [0.2, 0.25) is 0 Å². The predicted molar refractivity (Wildman–Crippen MR) is 86.9 cm³/mol. The van der Waals surface area contributed by atoms with Gasteiger partial charge in [0.1, 0.15) is 0 Å². The fourth-order valence-electron chi connectivity index (χ4n) is 3.44. The molecule has 2 aromatic carbocycles. The number of nitrogens with zero attached hydrogens (tertiary/aromatic N) is 1. The van der Waals surface area contributed by atoms with Gasteiger partial charge in [0.05, 0.1) is 6.07 Å². The van der Waals surface area contributed by atoms with Crippen LogP contribution in [0.4, 0.5) is 0 Å². The lowest BCUT2D eigenvalue weighted by Gasteiger charge is -2.31. The Morgan fingerprint density at radius 1 is 1.05 bits per heavy atom. The van der Waals surface area contributed by atoms with Crippen molar-refractivity contribution in [3.05, 3.63) is 69.2 Å². The second-order valence-electron chi connectivity index (χ2n) is 5.55. The Hall–Kier alpha value is -1.49. The van der Waals surface area contributed by atoms with Gasteiger partial charge in [0, 0.05) is 21.9 Å². The molecule has 0 amide bonds. The highest BCUT2D eigenvalue weighted by atomic mass is 35.5. The molecule has 0 fully saturated rings. The molecule has 0 N–H and O–H groups in total. The van der Waals surface area contributed by atoms with Crippen molar-refractivity contribution in [1.82, 2.24) is 0 Å². The molecule has 21 heavy (non-hydrogen) atoms. The quantitative estimate of drug-likeness (QED) is 0.730. The molecule has 0 saturated carbocycles. The number of benzene rings is 2. The number of aryl methyl sites for hydroxylation is 1. The van der Waals surface area contributed by atoms with Crippen LogP contribution in [0, 0.1) is 11.3 Å². The van der Waals surface area contributed by atoms with Gasteiger partial charge < -0.3 is 0 Å². The van der Waals surface area contributed by atoms with Crippen molar-refractivity contribution in [1.29, 1.82) is 5.26 Å². The van der Waals surface area contributed by atoms with E-state index in [1.807, 2.05) is 18.2 Å². The van der Waals surface area contributed by atoms with E-state index in [-0.39, 0.29) is 5.41 Å². The lowest BCUT2D eigenvalue weighted by molar-refractivity contribution is 0.476. The molecule has 0 radical (unpaired) electrons. The van der Waals surface area contributed by atoms with E-state index in [0.29, 0.717) is 6.42 Å². The van der Waals surface area contributed by atoms with E-state index in [9.17, 15) is 0 Å². The van der Waals surface area contributed by atoms with Crippen LogP contribution >= 0.6 is 23.2 Å². The van der Waals surface area contributed by atoms with Crippen LogP contribution in [0.2, 0.25) is 10.0 Å². The monoisotopic (exact) mass is 315 g/mol. The summed E-state index contributed by atoms with van der Waals surface area (Å²) in [5.74, 6) is 0.